The third-order valence-electron chi connectivity index (χ3n) is 1.64. The van der Waals surface area contributed by atoms with Crippen molar-refractivity contribution in [2.75, 3.05) is 13.1 Å². The predicted molar refractivity (Wildman–Crippen MR) is 37.5 cm³/mol. The smallest absolute Gasteiger partial charge is 0.302 e. The van der Waals surface area contributed by atoms with E-state index in [2.05, 4.69) is 11.4 Å². The van der Waals surface area contributed by atoms with Gasteiger partial charge in [0.1, 0.15) is 6.10 Å². The van der Waals surface area contributed by atoms with Gasteiger partial charge in [-0.1, -0.05) is 0 Å². The van der Waals surface area contributed by atoms with Gasteiger partial charge in [-0.3, -0.25) is 4.79 Å². The van der Waals surface area contributed by atoms with E-state index in [1.807, 2.05) is 0 Å². The second-order valence-corrected chi connectivity index (χ2v) is 2.54. The largest absolute Gasteiger partial charge is 0.460 e. The molecule has 1 aliphatic heterocycles. The average Bonchev–Trinajstić information content (AvgIpc) is 2.34. The van der Waals surface area contributed by atoms with E-state index >= 15 is 0 Å². The van der Waals surface area contributed by atoms with Crippen LogP contribution >= 0.6 is 0 Å². The van der Waals surface area contributed by atoms with E-state index in [-0.39, 0.29) is 18.0 Å². The minimum atomic E-state index is -0.320. The van der Waals surface area contributed by atoms with Crippen LogP contribution in [0.1, 0.15) is 6.92 Å². The lowest BCUT2D eigenvalue weighted by atomic mass is 10.1. The topological polar surface area (TPSA) is 62.1 Å². The monoisotopic (exact) mass is 154 g/mol. The molecule has 0 spiro atoms. The molecule has 0 aromatic heterocycles. The van der Waals surface area contributed by atoms with Crippen molar-refractivity contribution in [3.05, 3.63) is 0 Å². The number of nitrogens with one attached hydrogen (secondary N) is 1. The van der Waals surface area contributed by atoms with E-state index in [1.54, 1.807) is 0 Å². The summed E-state index contributed by atoms with van der Waals surface area (Å²) in [6.45, 7) is 2.57. The van der Waals surface area contributed by atoms with Crippen LogP contribution in [0, 0.1) is 17.2 Å². The molecule has 0 aromatic rings. The lowest BCUT2D eigenvalue weighted by Crippen LogP contribution is -2.23. The quantitative estimate of drug-likeness (QED) is 0.525. The van der Waals surface area contributed by atoms with Crippen LogP contribution in [0.4, 0.5) is 0 Å². The van der Waals surface area contributed by atoms with Gasteiger partial charge in [-0.2, -0.15) is 5.26 Å². The third kappa shape index (κ3) is 1.92. The molecule has 0 aromatic carbocycles. The zero-order chi connectivity index (χ0) is 8.27. The average molecular weight is 154 g/mol. The molecule has 1 N–H and O–H groups in total. The maximum atomic E-state index is 10.5. The van der Waals surface area contributed by atoms with Gasteiger partial charge < -0.3 is 10.1 Å². The summed E-state index contributed by atoms with van der Waals surface area (Å²) in [6.07, 6.45) is -0.252. The fraction of sp³-hybridized carbons (Fsp3) is 0.714. The molecule has 0 saturated carbocycles. The van der Waals surface area contributed by atoms with E-state index in [0.717, 1.165) is 0 Å². The molecule has 2 atom stereocenters. The Balaban J connectivity index is 2.45. The van der Waals surface area contributed by atoms with Gasteiger partial charge in [-0.25, -0.2) is 0 Å². The summed E-state index contributed by atoms with van der Waals surface area (Å²) in [4.78, 5) is 10.5. The van der Waals surface area contributed by atoms with Gasteiger partial charge >= 0.3 is 5.97 Å². The molecule has 4 nitrogen and oxygen atoms in total. The summed E-state index contributed by atoms with van der Waals surface area (Å²) in [5.74, 6) is -0.502. The van der Waals surface area contributed by atoms with Gasteiger partial charge in [-0.05, 0) is 0 Å². The maximum absolute atomic E-state index is 10.5. The van der Waals surface area contributed by atoms with E-state index < -0.39 is 0 Å². The number of hydrogen-bond donors (Lipinski definition) is 1. The van der Waals surface area contributed by atoms with Crippen molar-refractivity contribution in [3.8, 4) is 6.07 Å². The lowest BCUT2D eigenvalue weighted by molar-refractivity contribution is -0.146. The fourth-order valence-electron chi connectivity index (χ4n) is 1.12. The first-order chi connectivity index (χ1) is 5.24. The summed E-state index contributed by atoms with van der Waals surface area (Å²) in [5.41, 5.74) is 0. The second-order valence-electron chi connectivity index (χ2n) is 2.54. The molecule has 11 heavy (non-hydrogen) atoms. The van der Waals surface area contributed by atoms with Crippen molar-refractivity contribution in [1.29, 1.82) is 5.26 Å². The van der Waals surface area contributed by atoms with Gasteiger partial charge in [0.15, 0.2) is 0 Å². The molecule has 4 heteroatoms. The molecule has 1 saturated heterocycles. The van der Waals surface area contributed by atoms with Crippen LogP contribution in [-0.2, 0) is 9.53 Å². The van der Waals surface area contributed by atoms with E-state index in [1.165, 1.54) is 6.92 Å². The molecule has 1 aliphatic rings. The molecular formula is C7H10N2O2. The molecule has 0 aliphatic carbocycles. The Morgan fingerprint density at radius 1 is 1.73 bits per heavy atom. The first-order valence-electron chi connectivity index (χ1n) is 3.51. The number of rotatable bonds is 1. The van der Waals surface area contributed by atoms with Crippen molar-refractivity contribution in [3.63, 3.8) is 0 Å². The summed E-state index contributed by atoms with van der Waals surface area (Å²) in [5, 5.41) is 11.5. The van der Waals surface area contributed by atoms with Gasteiger partial charge in [0.25, 0.3) is 0 Å². The van der Waals surface area contributed by atoms with E-state index in [0.29, 0.717) is 13.1 Å². The Labute approximate surface area is 65.1 Å². The molecule has 60 valence electrons. The molecule has 0 radical (unpaired) electrons. The van der Waals surface area contributed by atoms with Crippen LogP contribution in [0.3, 0.4) is 0 Å². The Bertz CT molecular complexity index is 197. The van der Waals surface area contributed by atoms with Gasteiger partial charge in [0.2, 0.25) is 0 Å². The number of carbonyl (C=O) groups excluding carboxylic acids is 1. The second kappa shape index (κ2) is 3.35. The number of nitriles is 1. The van der Waals surface area contributed by atoms with Gasteiger partial charge in [0.05, 0.1) is 12.0 Å². The van der Waals surface area contributed by atoms with E-state index in [4.69, 9.17) is 10.00 Å². The molecule has 1 fully saturated rings. The summed E-state index contributed by atoms with van der Waals surface area (Å²) < 4.78 is 4.89. The molecular weight excluding hydrogens is 144 g/mol. The first-order valence-corrected chi connectivity index (χ1v) is 3.51. The Morgan fingerprint density at radius 3 is 3.00 bits per heavy atom. The van der Waals surface area contributed by atoms with Crippen LogP contribution in [0.25, 0.3) is 0 Å². The zero-order valence-electron chi connectivity index (χ0n) is 6.33. The highest BCUT2D eigenvalue weighted by Crippen LogP contribution is 2.11. The number of esters is 1. The first kappa shape index (κ1) is 8.02. The third-order valence-corrected chi connectivity index (χ3v) is 1.64. The normalized spacial score (nSPS) is 29.5. The van der Waals surface area contributed by atoms with Crippen molar-refractivity contribution < 1.29 is 9.53 Å². The Kier molecular flexibility index (Phi) is 2.44. The van der Waals surface area contributed by atoms with Crippen molar-refractivity contribution in [2.24, 2.45) is 5.92 Å². The van der Waals surface area contributed by atoms with Crippen molar-refractivity contribution in [2.45, 2.75) is 13.0 Å². The molecule has 1 rings (SSSR count). The molecule has 1 heterocycles. The highest BCUT2D eigenvalue weighted by atomic mass is 16.5. The standard InChI is InChI=1S/C7H10N2O2/c1-5(10)11-7-4-9-3-6(7)2-8/h6-7,9H,3-4H2,1H3/t6-,7-/m1/s1. The van der Waals surface area contributed by atoms with Gasteiger partial charge in [0, 0.05) is 20.0 Å². The van der Waals surface area contributed by atoms with Crippen LogP contribution in [0.15, 0.2) is 0 Å². The van der Waals surface area contributed by atoms with Crippen molar-refractivity contribution in [1.82, 2.24) is 5.32 Å². The Morgan fingerprint density at radius 2 is 2.45 bits per heavy atom. The minimum Gasteiger partial charge on any atom is -0.460 e. The number of hydrogen-bond acceptors (Lipinski definition) is 4. The highest BCUT2D eigenvalue weighted by molar-refractivity contribution is 5.66. The maximum Gasteiger partial charge on any atom is 0.302 e. The van der Waals surface area contributed by atoms with Crippen molar-refractivity contribution >= 4 is 5.97 Å². The summed E-state index contributed by atoms with van der Waals surface area (Å²) in [6, 6.07) is 2.08. The number of ether oxygens (including phenoxy) is 1. The van der Waals surface area contributed by atoms with Crippen LogP contribution < -0.4 is 5.32 Å². The molecule has 0 unspecified atom stereocenters. The minimum absolute atomic E-state index is 0.182. The number of nitrogens with zero attached hydrogens (tertiary/aromatic N) is 1. The van der Waals surface area contributed by atoms with E-state index in [9.17, 15) is 4.79 Å². The van der Waals surface area contributed by atoms with Gasteiger partial charge in [-0.15, -0.1) is 0 Å². The molecule has 0 amide bonds. The fourth-order valence-corrected chi connectivity index (χ4v) is 1.12. The van der Waals surface area contributed by atoms with Crippen LogP contribution in [0.2, 0.25) is 0 Å². The predicted octanol–water partition coefficient (Wildman–Crippen LogP) is -0.339. The van der Waals surface area contributed by atoms with Crippen LogP contribution in [-0.4, -0.2) is 25.2 Å². The number of carbonyl (C=O) groups is 1. The SMILES string of the molecule is CC(=O)O[C@@H]1CNC[C@H]1C#N. The Hall–Kier alpha value is -1.08. The van der Waals surface area contributed by atoms with Crippen LogP contribution in [0.5, 0.6) is 0 Å². The highest BCUT2D eigenvalue weighted by Gasteiger charge is 2.29. The lowest BCUT2D eigenvalue weighted by Gasteiger charge is -2.11. The summed E-state index contributed by atoms with van der Waals surface area (Å²) >= 11 is 0. The summed E-state index contributed by atoms with van der Waals surface area (Å²) in [7, 11) is 0. The zero-order valence-corrected chi connectivity index (χ0v) is 6.33. The molecule has 0 bridgehead atoms.